The summed E-state index contributed by atoms with van der Waals surface area (Å²) in [5, 5.41) is 0. The molecule has 0 aromatic carbocycles. The van der Waals surface area contributed by atoms with Crippen LogP contribution in [0.1, 0.15) is 342 Å². The molecule has 0 aliphatic carbocycles. The zero-order valence-corrected chi connectivity index (χ0v) is 51.2. The monoisotopic (exact) mass is 1070 g/mol. The molecule has 6 heteroatoms. The van der Waals surface area contributed by atoms with Crippen LogP contribution in [-0.4, -0.2) is 37.2 Å². The standard InChI is InChI=1S/C71H126O6/c1-4-7-10-13-16-19-22-24-26-28-29-30-31-32-33-34-35-36-37-38-39-40-41-43-44-46-49-52-55-58-61-64-70(73)76-67-68(66-75-69(72)63-60-57-54-51-48-21-18-15-12-9-6-3)77-71(74)65-62-59-56-53-50-47-45-42-27-25-23-20-17-14-11-8-5-2/h8,11,17,20,22,24-25,27-29,45,47,68H,4-7,9-10,12-16,18-19,21,23,26,30-44,46,48-67H2,1-3H3/b11-8-,20-17-,24-22-,27-25-,29-28-,47-45-. The summed E-state index contributed by atoms with van der Waals surface area (Å²) in [6.45, 7) is 6.53. The maximum atomic E-state index is 12.9. The van der Waals surface area contributed by atoms with Crippen LogP contribution < -0.4 is 0 Å². The number of carbonyl (C=O) groups excluding carboxylic acids is 3. The minimum absolute atomic E-state index is 0.0814. The van der Waals surface area contributed by atoms with Crippen LogP contribution in [0.3, 0.4) is 0 Å². The van der Waals surface area contributed by atoms with Gasteiger partial charge in [-0.2, -0.15) is 0 Å². The van der Waals surface area contributed by atoms with E-state index in [-0.39, 0.29) is 31.1 Å². The third kappa shape index (κ3) is 63.6. The second-order valence-electron chi connectivity index (χ2n) is 22.4. The highest BCUT2D eigenvalue weighted by Gasteiger charge is 2.19. The van der Waals surface area contributed by atoms with Gasteiger partial charge in [-0.3, -0.25) is 14.4 Å². The smallest absolute Gasteiger partial charge is 0.306 e. The predicted molar refractivity (Wildman–Crippen MR) is 335 cm³/mol. The molecule has 0 saturated heterocycles. The number of hydrogen-bond acceptors (Lipinski definition) is 6. The van der Waals surface area contributed by atoms with Crippen LogP contribution in [0, 0.1) is 0 Å². The summed E-state index contributed by atoms with van der Waals surface area (Å²) in [5.74, 6) is -0.890. The summed E-state index contributed by atoms with van der Waals surface area (Å²) < 4.78 is 16.9. The van der Waals surface area contributed by atoms with Crippen molar-refractivity contribution in [1.29, 1.82) is 0 Å². The molecule has 0 bridgehead atoms. The highest BCUT2D eigenvalue weighted by molar-refractivity contribution is 5.71. The third-order valence-electron chi connectivity index (χ3n) is 14.7. The van der Waals surface area contributed by atoms with Gasteiger partial charge in [-0.05, 0) is 89.9 Å². The Morgan fingerprint density at radius 2 is 0.506 bits per heavy atom. The number of unbranched alkanes of at least 4 members (excludes halogenated alkanes) is 38. The first-order valence-corrected chi connectivity index (χ1v) is 33.4. The molecule has 0 heterocycles. The first kappa shape index (κ1) is 73.8. The molecule has 1 unspecified atom stereocenters. The van der Waals surface area contributed by atoms with Gasteiger partial charge in [-0.15, -0.1) is 0 Å². The lowest BCUT2D eigenvalue weighted by atomic mass is 10.0. The van der Waals surface area contributed by atoms with Crippen molar-refractivity contribution in [3.05, 3.63) is 72.9 Å². The van der Waals surface area contributed by atoms with Gasteiger partial charge in [-0.1, -0.05) is 306 Å². The van der Waals surface area contributed by atoms with E-state index in [4.69, 9.17) is 14.2 Å². The molecular weight excluding hydrogens is 949 g/mol. The summed E-state index contributed by atoms with van der Waals surface area (Å²) in [4.78, 5) is 38.2. The fraction of sp³-hybridized carbons (Fsp3) is 0.789. The molecule has 0 aliphatic rings. The van der Waals surface area contributed by atoms with Gasteiger partial charge in [0.2, 0.25) is 0 Å². The lowest BCUT2D eigenvalue weighted by Gasteiger charge is -2.18. The molecule has 1 atom stereocenters. The quantitative estimate of drug-likeness (QED) is 0.0261. The van der Waals surface area contributed by atoms with Crippen molar-refractivity contribution in [2.45, 2.75) is 348 Å². The Balaban J connectivity index is 4.15. The van der Waals surface area contributed by atoms with Gasteiger partial charge in [0.15, 0.2) is 6.10 Å². The summed E-state index contributed by atoms with van der Waals surface area (Å²) in [6.07, 6.45) is 85.1. The average molecular weight is 1080 g/mol. The molecule has 77 heavy (non-hydrogen) atoms. The molecule has 6 nitrogen and oxygen atoms in total. The number of carbonyl (C=O) groups is 3. The lowest BCUT2D eigenvalue weighted by molar-refractivity contribution is -0.167. The van der Waals surface area contributed by atoms with Crippen molar-refractivity contribution in [2.75, 3.05) is 13.2 Å². The molecule has 0 rings (SSSR count). The van der Waals surface area contributed by atoms with E-state index in [2.05, 4.69) is 93.7 Å². The van der Waals surface area contributed by atoms with E-state index in [1.165, 1.54) is 199 Å². The second-order valence-corrected chi connectivity index (χ2v) is 22.4. The molecule has 0 N–H and O–H groups in total. The van der Waals surface area contributed by atoms with Crippen LogP contribution in [0.2, 0.25) is 0 Å². The maximum Gasteiger partial charge on any atom is 0.306 e. The van der Waals surface area contributed by atoms with Gasteiger partial charge in [0.1, 0.15) is 13.2 Å². The summed E-state index contributed by atoms with van der Waals surface area (Å²) in [6, 6.07) is 0. The first-order valence-electron chi connectivity index (χ1n) is 33.4. The Hall–Kier alpha value is -3.15. The zero-order chi connectivity index (χ0) is 55.7. The molecule has 0 spiro atoms. The number of hydrogen-bond donors (Lipinski definition) is 0. The molecule has 0 saturated carbocycles. The van der Waals surface area contributed by atoms with Crippen molar-refractivity contribution in [1.82, 2.24) is 0 Å². The van der Waals surface area contributed by atoms with Gasteiger partial charge >= 0.3 is 17.9 Å². The highest BCUT2D eigenvalue weighted by Crippen LogP contribution is 2.17. The average Bonchev–Trinajstić information content (AvgIpc) is 3.43. The predicted octanol–water partition coefficient (Wildman–Crippen LogP) is 22.9. The Bertz CT molecular complexity index is 1420. The Morgan fingerprint density at radius 1 is 0.273 bits per heavy atom. The van der Waals surface area contributed by atoms with Crippen molar-refractivity contribution in [3.63, 3.8) is 0 Å². The minimum Gasteiger partial charge on any atom is -0.462 e. The highest BCUT2D eigenvalue weighted by atomic mass is 16.6. The fourth-order valence-corrected chi connectivity index (χ4v) is 9.70. The van der Waals surface area contributed by atoms with E-state index in [0.29, 0.717) is 19.3 Å². The maximum absolute atomic E-state index is 12.9. The fourth-order valence-electron chi connectivity index (χ4n) is 9.70. The van der Waals surface area contributed by atoms with Gasteiger partial charge in [-0.25, -0.2) is 0 Å². The van der Waals surface area contributed by atoms with Gasteiger partial charge in [0.05, 0.1) is 0 Å². The third-order valence-corrected chi connectivity index (χ3v) is 14.7. The Kier molecular flexibility index (Phi) is 62.7. The van der Waals surface area contributed by atoms with Crippen LogP contribution in [0.4, 0.5) is 0 Å². The SMILES string of the molecule is CC/C=C\C/C=C\C/C=C\C/C=C\CCCCCCC(=O)OC(COC(=O)CCCCCCCCCCCCC)COC(=O)CCCCCCCCCCCCCCCCCCCCC/C=C\C/C=C\CCCCCCC. The van der Waals surface area contributed by atoms with Crippen LogP contribution in [0.5, 0.6) is 0 Å². The van der Waals surface area contributed by atoms with Crippen LogP contribution in [0.15, 0.2) is 72.9 Å². The van der Waals surface area contributed by atoms with E-state index in [0.717, 1.165) is 103 Å². The summed E-state index contributed by atoms with van der Waals surface area (Å²) in [5.41, 5.74) is 0. The topological polar surface area (TPSA) is 78.9 Å². The van der Waals surface area contributed by atoms with E-state index in [1.807, 2.05) is 0 Å². The van der Waals surface area contributed by atoms with E-state index >= 15 is 0 Å². The largest absolute Gasteiger partial charge is 0.462 e. The summed E-state index contributed by atoms with van der Waals surface area (Å²) in [7, 11) is 0. The lowest BCUT2D eigenvalue weighted by Crippen LogP contribution is -2.30. The molecule has 0 aromatic heterocycles. The van der Waals surface area contributed by atoms with Crippen molar-refractivity contribution >= 4 is 17.9 Å². The van der Waals surface area contributed by atoms with Gasteiger partial charge < -0.3 is 14.2 Å². The van der Waals surface area contributed by atoms with Gasteiger partial charge in [0.25, 0.3) is 0 Å². The summed E-state index contributed by atoms with van der Waals surface area (Å²) >= 11 is 0. The number of allylic oxidation sites excluding steroid dienone is 12. The molecule has 0 amide bonds. The molecule has 0 fully saturated rings. The van der Waals surface area contributed by atoms with E-state index in [1.54, 1.807) is 0 Å². The molecule has 0 radical (unpaired) electrons. The number of rotatable bonds is 61. The van der Waals surface area contributed by atoms with Crippen LogP contribution in [-0.2, 0) is 28.6 Å². The molecule has 0 aromatic rings. The minimum atomic E-state index is -0.786. The van der Waals surface area contributed by atoms with Gasteiger partial charge in [0, 0.05) is 19.3 Å². The van der Waals surface area contributed by atoms with Crippen LogP contribution >= 0.6 is 0 Å². The van der Waals surface area contributed by atoms with Crippen LogP contribution in [0.25, 0.3) is 0 Å². The molecule has 0 aliphatic heterocycles. The normalized spacial score (nSPS) is 12.5. The molecule has 446 valence electrons. The Morgan fingerprint density at radius 3 is 0.792 bits per heavy atom. The molecular formula is C71H126O6. The Labute approximate surface area is 478 Å². The first-order chi connectivity index (χ1) is 38.0. The van der Waals surface area contributed by atoms with E-state index < -0.39 is 6.10 Å². The van der Waals surface area contributed by atoms with Crippen molar-refractivity contribution in [2.24, 2.45) is 0 Å². The number of ether oxygens (including phenoxy) is 3. The van der Waals surface area contributed by atoms with Crippen molar-refractivity contribution in [3.8, 4) is 0 Å². The number of esters is 3. The second kappa shape index (κ2) is 65.4. The van der Waals surface area contributed by atoms with E-state index in [9.17, 15) is 14.4 Å². The zero-order valence-electron chi connectivity index (χ0n) is 51.2. The van der Waals surface area contributed by atoms with Crippen molar-refractivity contribution < 1.29 is 28.6 Å².